The Hall–Kier alpha value is -3.06. The first-order valence-electron chi connectivity index (χ1n) is 9.56. The van der Waals surface area contributed by atoms with Crippen LogP contribution in [-0.4, -0.2) is 46.3 Å². The van der Waals surface area contributed by atoms with Gasteiger partial charge in [-0.3, -0.25) is 9.59 Å². The molecular weight excluding hydrogens is 372 g/mol. The molecule has 7 heteroatoms. The van der Waals surface area contributed by atoms with Crippen molar-refractivity contribution in [3.63, 3.8) is 0 Å². The van der Waals surface area contributed by atoms with Gasteiger partial charge in [0.2, 0.25) is 0 Å². The third kappa shape index (κ3) is 4.86. The van der Waals surface area contributed by atoms with Crippen LogP contribution < -0.4 is 19.7 Å². The maximum Gasteiger partial charge on any atom is 0.311 e. The summed E-state index contributed by atoms with van der Waals surface area (Å²) >= 11 is 0. The summed E-state index contributed by atoms with van der Waals surface area (Å²) in [6, 6.07) is 13.0. The van der Waals surface area contributed by atoms with Crippen molar-refractivity contribution in [1.82, 2.24) is 0 Å². The predicted molar refractivity (Wildman–Crippen MR) is 108 cm³/mol. The monoisotopic (exact) mass is 399 g/mol. The molecule has 2 N–H and O–H groups in total. The predicted octanol–water partition coefficient (Wildman–Crippen LogP) is 1.39. The third-order valence-electron chi connectivity index (χ3n) is 5.27. The number of carbonyl (C=O) groups is 2. The molecule has 0 bridgehead atoms. The first-order valence-corrected chi connectivity index (χ1v) is 9.56. The Kier molecular flexibility index (Phi) is 6.72. The lowest BCUT2D eigenvalue weighted by molar-refractivity contribution is -0.925. The van der Waals surface area contributed by atoms with Gasteiger partial charge in [-0.2, -0.15) is 0 Å². The molecule has 0 saturated heterocycles. The number of carbonyl (C=O) groups excluding carboxylic acids is 2. The van der Waals surface area contributed by atoms with Gasteiger partial charge in [-0.1, -0.05) is 18.2 Å². The van der Waals surface area contributed by atoms with Crippen LogP contribution in [0.3, 0.4) is 0 Å². The second-order valence-electron chi connectivity index (χ2n) is 6.99. The Labute approximate surface area is 170 Å². The van der Waals surface area contributed by atoms with Gasteiger partial charge in [-0.05, 0) is 29.8 Å². The van der Waals surface area contributed by atoms with Crippen LogP contribution in [0.5, 0.6) is 11.5 Å². The topological polar surface area (TPSA) is 78.3 Å². The molecule has 0 aromatic heterocycles. The van der Waals surface area contributed by atoms with Gasteiger partial charge >= 0.3 is 5.97 Å². The van der Waals surface area contributed by atoms with Crippen LogP contribution in [0.2, 0.25) is 0 Å². The lowest BCUT2D eigenvalue weighted by Gasteiger charge is -2.34. The number of fused-ring (bicyclic) bond motifs is 1. The van der Waals surface area contributed by atoms with Crippen molar-refractivity contribution in [3.05, 3.63) is 53.6 Å². The molecule has 1 unspecified atom stereocenters. The maximum atomic E-state index is 12.6. The average Bonchev–Trinajstić information content (AvgIpc) is 2.74. The van der Waals surface area contributed by atoms with Crippen molar-refractivity contribution in [2.45, 2.75) is 18.9 Å². The van der Waals surface area contributed by atoms with Crippen molar-refractivity contribution < 1.29 is 28.7 Å². The number of amides is 1. The second-order valence-corrected chi connectivity index (χ2v) is 6.99. The van der Waals surface area contributed by atoms with Crippen molar-refractivity contribution >= 4 is 17.6 Å². The van der Waals surface area contributed by atoms with Crippen LogP contribution >= 0.6 is 0 Å². The number of nitrogens with one attached hydrogen (secondary N) is 2. The van der Waals surface area contributed by atoms with Gasteiger partial charge in [-0.25, -0.2) is 0 Å². The van der Waals surface area contributed by atoms with E-state index in [0.29, 0.717) is 11.5 Å². The van der Waals surface area contributed by atoms with E-state index in [1.165, 1.54) is 7.11 Å². The van der Waals surface area contributed by atoms with E-state index in [1.807, 2.05) is 42.5 Å². The summed E-state index contributed by atoms with van der Waals surface area (Å²) in [5, 5.41) is 2.92. The molecule has 29 heavy (non-hydrogen) atoms. The van der Waals surface area contributed by atoms with E-state index in [0.717, 1.165) is 34.7 Å². The minimum Gasteiger partial charge on any atom is -0.493 e. The van der Waals surface area contributed by atoms with Gasteiger partial charge in [-0.15, -0.1) is 0 Å². The van der Waals surface area contributed by atoms with Crippen LogP contribution in [-0.2, 0) is 20.7 Å². The zero-order chi connectivity index (χ0) is 20.8. The quantitative estimate of drug-likeness (QED) is 0.688. The zero-order valence-corrected chi connectivity index (χ0v) is 17.0. The standard InChI is InChI=1S/C22H26N2O5/c1-27-19-11-15-9-10-24(14-21(25)23-16-7-5-4-6-8-16)18(13-22(26)29-3)17(15)12-20(19)28-2/h4-8,11-12,18H,9-10,13-14H2,1-3H3,(H,23,25)/p+1/t18-/m1/s1. The molecule has 154 valence electrons. The van der Waals surface area contributed by atoms with Gasteiger partial charge < -0.3 is 24.4 Å². The fraction of sp³-hybridized carbons (Fsp3) is 0.364. The molecule has 1 amide bonds. The van der Waals surface area contributed by atoms with Crippen LogP contribution in [0.4, 0.5) is 5.69 Å². The second kappa shape index (κ2) is 9.43. The molecule has 0 radical (unpaired) electrons. The summed E-state index contributed by atoms with van der Waals surface area (Å²) < 4.78 is 15.8. The highest BCUT2D eigenvalue weighted by molar-refractivity contribution is 5.91. The summed E-state index contributed by atoms with van der Waals surface area (Å²) in [7, 11) is 4.56. The van der Waals surface area contributed by atoms with Gasteiger partial charge in [0.05, 0.1) is 27.9 Å². The fourth-order valence-electron chi connectivity index (χ4n) is 3.82. The van der Waals surface area contributed by atoms with E-state index >= 15 is 0 Å². The number of hydrogen-bond donors (Lipinski definition) is 2. The molecule has 3 rings (SSSR count). The highest BCUT2D eigenvalue weighted by Gasteiger charge is 2.35. The summed E-state index contributed by atoms with van der Waals surface area (Å²) in [5.74, 6) is 0.869. The van der Waals surface area contributed by atoms with E-state index in [1.54, 1.807) is 14.2 Å². The molecule has 2 aromatic carbocycles. The van der Waals surface area contributed by atoms with Crippen LogP contribution in [0.15, 0.2) is 42.5 Å². The lowest BCUT2D eigenvalue weighted by Crippen LogP contribution is -3.14. The molecule has 1 aliphatic heterocycles. The van der Waals surface area contributed by atoms with E-state index < -0.39 is 0 Å². The molecule has 0 saturated carbocycles. The Morgan fingerprint density at radius 3 is 2.41 bits per heavy atom. The molecule has 2 aromatic rings. The number of anilines is 1. The van der Waals surface area contributed by atoms with E-state index in [-0.39, 0.29) is 30.9 Å². The van der Waals surface area contributed by atoms with Gasteiger partial charge in [0, 0.05) is 17.7 Å². The number of methoxy groups -OCH3 is 3. The summed E-state index contributed by atoms with van der Waals surface area (Å²) in [4.78, 5) is 25.7. The van der Waals surface area contributed by atoms with Crippen molar-refractivity contribution in [2.24, 2.45) is 0 Å². The number of benzene rings is 2. The lowest BCUT2D eigenvalue weighted by atomic mass is 9.90. The largest absolute Gasteiger partial charge is 0.493 e. The Morgan fingerprint density at radius 1 is 1.07 bits per heavy atom. The number of para-hydroxylation sites is 1. The minimum atomic E-state index is -0.307. The molecule has 2 atom stereocenters. The number of esters is 1. The van der Waals surface area contributed by atoms with Crippen LogP contribution in [0, 0.1) is 0 Å². The molecule has 0 aliphatic carbocycles. The smallest absolute Gasteiger partial charge is 0.311 e. The number of quaternary nitrogens is 1. The average molecular weight is 399 g/mol. The SMILES string of the molecule is COC(=O)C[C@@H]1c2cc(OC)c(OC)cc2CC[NH+]1CC(=O)Nc1ccccc1. The van der Waals surface area contributed by atoms with Crippen molar-refractivity contribution in [3.8, 4) is 11.5 Å². The first-order chi connectivity index (χ1) is 14.0. The molecule has 7 nitrogen and oxygen atoms in total. The zero-order valence-electron chi connectivity index (χ0n) is 17.0. The molecule has 1 aliphatic rings. The fourth-order valence-corrected chi connectivity index (χ4v) is 3.82. The third-order valence-corrected chi connectivity index (χ3v) is 5.27. The highest BCUT2D eigenvalue weighted by atomic mass is 16.5. The maximum absolute atomic E-state index is 12.6. The Bertz CT molecular complexity index is 869. The Balaban J connectivity index is 1.85. The molecular formula is C22H27N2O5+. The minimum absolute atomic E-state index is 0.0926. The van der Waals surface area contributed by atoms with E-state index in [2.05, 4.69) is 5.32 Å². The highest BCUT2D eigenvalue weighted by Crippen LogP contribution is 2.35. The van der Waals surface area contributed by atoms with E-state index in [9.17, 15) is 9.59 Å². The molecule has 0 spiro atoms. The number of rotatable bonds is 7. The van der Waals surface area contributed by atoms with Gasteiger partial charge in [0.15, 0.2) is 18.0 Å². The van der Waals surface area contributed by atoms with Crippen LogP contribution in [0.1, 0.15) is 23.6 Å². The molecule has 0 fully saturated rings. The normalized spacial score (nSPS) is 17.8. The number of hydrogen-bond acceptors (Lipinski definition) is 5. The van der Waals surface area contributed by atoms with Gasteiger partial charge in [0.25, 0.3) is 5.91 Å². The van der Waals surface area contributed by atoms with Crippen LogP contribution in [0.25, 0.3) is 0 Å². The summed E-state index contributed by atoms with van der Waals surface area (Å²) in [6.07, 6.45) is 0.967. The summed E-state index contributed by atoms with van der Waals surface area (Å²) in [6.45, 7) is 0.983. The van der Waals surface area contributed by atoms with Gasteiger partial charge in [0.1, 0.15) is 12.5 Å². The number of ether oxygens (including phenoxy) is 3. The molecule has 1 heterocycles. The van der Waals surface area contributed by atoms with E-state index in [4.69, 9.17) is 14.2 Å². The van der Waals surface area contributed by atoms with Crippen molar-refractivity contribution in [1.29, 1.82) is 0 Å². The first kappa shape index (κ1) is 20.7. The summed E-state index contributed by atoms with van der Waals surface area (Å²) in [5.41, 5.74) is 2.84. The van der Waals surface area contributed by atoms with Crippen molar-refractivity contribution in [2.75, 3.05) is 39.7 Å². The Morgan fingerprint density at radius 2 is 1.76 bits per heavy atom.